The number of rotatable bonds is 79. The molecule has 3 N–H and O–H groups in total. The highest BCUT2D eigenvalue weighted by Crippen LogP contribution is 2.21. The molecule has 89 heavy (non-hydrogen) atoms. The first-order valence-corrected chi connectivity index (χ1v) is 41.4. The molecule has 2 unspecified atom stereocenters. The molecule has 0 aliphatic carbocycles. The monoisotopic (exact) mass is 1250 g/mol. The third kappa shape index (κ3) is 75.5. The Morgan fingerprint density at radius 2 is 0.528 bits per heavy atom. The average Bonchev–Trinajstić information content (AvgIpc) is 3.62. The van der Waals surface area contributed by atoms with Crippen molar-refractivity contribution in [1.82, 2.24) is 5.32 Å². The van der Waals surface area contributed by atoms with Gasteiger partial charge < -0.3 is 20.3 Å². The average molecular weight is 1260 g/mol. The van der Waals surface area contributed by atoms with Gasteiger partial charge in [-0.1, -0.05) is 431 Å². The summed E-state index contributed by atoms with van der Waals surface area (Å²) in [5, 5.41) is 23.4. The van der Waals surface area contributed by atoms with Crippen LogP contribution >= 0.6 is 0 Å². The van der Waals surface area contributed by atoms with E-state index < -0.39 is 12.1 Å². The number of aliphatic hydroxyl groups is 2. The van der Waals surface area contributed by atoms with Crippen LogP contribution in [0.1, 0.15) is 483 Å². The second-order valence-corrected chi connectivity index (χ2v) is 28.8. The molecule has 0 aliphatic heterocycles. The molecule has 0 heterocycles. The lowest BCUT2D eigenvalue weighted by Gasteiger charge is -2.22. The van der Waals surface area contributed by atoms with E-state index in [1.54, 1.807) is 0 Å². The largest absolute Gasteiger partial charge is 0.466 e. The van der Waals surface area contributed by atoms with E-state index in [0.29, 0.717) is 25.9 Å². The zero-order valence-corrected chi connectivity index (χ0v) is 61.0. The first-order chi connectivity index (χ1) is 44.0. The van der Waals surface area contributed by atoms with Gasteiger partial charge in [-0.05, 0) is 51.4 Å². The van der Waals surface area contributed by atoms with Gasteiger partial charge in [-0.2, -0.15) is 0 Å². The molecule has 0 aromatic heterocycles. The molecule has 0 saturated carbocycles. The molecule has 0 aromatic carbocycles. The first kappa shape index (κ1) is 87.6. The molecule has 0 saturated heterocycles. The summed E-state index contributed by atoms with van der Waals surface area (Å²) in [6, 6.07) is -0.539. The van der Waals surface area contributed by atoms with Crippen molar-refractivity contribution in [3.8, 4) is 0 Å². The van der Waals surface area contributed by atoms with Gasteiger partial charge in [0, 0.05) is 12.8 Å². The summed E-state index contributed by atoms with van der Waals surface area (Å²) < 4.78 is 5.52. The minimum absolute atomic E-state index is 0.0260. The van der Waals surface area contributed by atoms with Crippen LogP contribution in [0.3, 0.4) is 0 Å². The molecule has 0 spiro atoms. The Hall–Kier alpha value is -1.40. The number of carbonyl (C=O) groups is 2. The number of hydrogen-bond donors (Lipinski definition) is 3. The summed E-state index contributed by atoms with van der Waals surface area (Å²) in [6.45, 7) is 5.02. The van der Waals surface area contributed by atoms with Crippen LogP contribution in [0.2, 0.25) is 0 Å². The fraction of sp³-hybridized carbons (Fsp3) is 0.952. The summed E-state index contributed by atoms with van der Waals surface area (Å²) >= 11 is 0. The quantitative estimate of drug-likeness (QED) is 0.0320. The molecule has 2 atom stereocenters. The van der Waals surface area contributed by atoms with E-state index in [2.05, 4.69) is 31.3 Å². The third-order valence-electron chi connectivity index (χ3n) is 19.8. The van der Waals surface area contributed by atoms with Gasteiger partial charge in [0.2, 0.25) is 5.91 Å². The minimum atomic E-state index is -0.662. The summed E-state index contributed by atoms with van der Waals surface area (Å²) in [5.41, 5.74) is 0. The van der Waals surface area contributed by atoms with Gasteiger partial charge in [-0.25, -0.2) is 0 Å². The number of aliphatic hydroxyl groups excluding tert-OH is 2. The van der Waals surface area contributed by atoms with Crippen LogP contribution in [0.4, 0.5) is 0 Å². The molecule has 0 radical (unpaired) electrons. The van der Waals surface area contributed by atoms with Gasteiger partial charge in [0.1, 0.15) is 0 Å². The Morgan fingerprint density at radius 3 is 0.798 bits per heavy atom. The maximum atomic E-state index is 12.6. The highest BCUT2D eigenvalue weighted by Gasteiger charge is 2.20. The van der Waals surface area contributed by atoms with Crippen molar-refractivity contribution in [3.63, 3.8) is 0 Å². The molecular formula is C83H163NO5. The number of nitrogens with one attached hydrogen (secondary N) is 1. The molecule has 6 nitrogen and oxygen atoms in total. The van der Waals surface area contributed by atoms with Crippen molar-refractivity contribution < 1.29 is 24.5 Å². The van der Waals surface area contributed by atoms with Crippen LogP contribution in [0.5, 0.6) is 0 Å². The summed E-state index contributed by atoms with van der Waals surface area (Å²) in [6.07, 6.45) is 100. The molecule has 0 fully saturated rings. The molecule has 0 rings (SSSR count). The first-order valence-electron chi connectivity index (χ1n) is 41.4. The number of hydrogen-bond acceptors (Lipinski definition) is 5. The molecule has 6 heteroatoms. The highest BCUT2D eigenvalue weighted by atomic mass is 16.5. The lowest BCUT2D eigenvalue weighted by molar-refractivity contribution is -0.143. The number of amides is 1. The number of allylic oxidation sites excluding steroid dienone is 2. The Balaban J connectivity index is 3.32. The molecular weight excluding hydrogens is 1090 g/mol. The molecule has 1 amide bonds. The maximum Gasteiger partial charge on any atom is 0.305 e. The van der Waals surface area contributed by atoms with E-state index >= 15 is 0 Å². The van der Waals surface area contributed by atoms with E-state index in [0.717, 1.165) is 38.5 Å². The lowest BCUT2D eigenvalue weighted by atomic mass is 10.0. The topological polar surface area (TPSA) is 95.9 Å². The zero-order valence-electron chi connectivity index (χ0n) is 61.0. The van der Waals surface area contributed by atoms with Gasteiger partial charge in [0.15, 0.2) is 0 Å². The SMILES string of the molecule is CCCCCCCCCCCCCCCCCCCCCC(O)C(CO)NC(=O)CCCCCCCCCCCCCCCCCCC/C=C\CCCCCCCCCCCCCCCCOC(=O)CCCCCCCCCCCCCCCCCCCC. The van der Waals surface area contributed by atoms with E-state index in [1.165, 1.54) is 411 Å². The summed E-state index contributed by atoms with van der Waals surface area (Å²) in [4.78, 5) is 24.7. The number of unbranched alkanes of at least 4 members (excludes halogenated alkanes) is 66. The third-order valence-corrected chi connectivity index (χ3v) is 19.8. The fourth-order valence-corrected chi connectivity index (χ4v) is 13.5. The Kier molecular flexibility index (Phi) is 77.8. The minimum Gasteiger partial charge on any atom is -0.466 e. The van der Waals surface area contributed by atoms with E-state index in [1.807, 2.05) is 0 Å². The Labute approximate surface area is 559 Å². The smallest absolute Gasteiger partial charge is 0.305 e. The van der Waals surface area contributed by atoms with E-state index in [-0.39, 0.29) is 18.5 Å². The zero-order chi connectivity index (χ0) is 64.2. The lowest BCUT2D eigenvalue weighted by Crippen LogP contribution is -2.45. The van der Waals surface area contributed by atoms with Crippen LogP contribution in [0, 0.1) is 0 Å². The number of esters is 1. The van der Waals surface area contributed by atoms with E-state index in [4.69, 9.17) is 4.74 Å². The van der Waals surface area contributed by atoms with Crippen molar-refractivity contribution >= 4 is 11.9 Å². The van der Waals surface area contributed by atoms with Crippen LogP contribution in [-0.4, -0.2) is 47.4 Å². The van der Waals surface area contributed by atoms with Crippen molar-refractivity contribution in [2.45, 2.75) is 495 Å². The van der Waals surface area contributed by atoms with Crippen molar-refractivity contribution in [2.75, 3.05) is 13.2 Å². The van der Waals surface area contributed by atoms with Gasteiger partial charge in [0.05, 0.1) is 25.4 Å². The van der Waals surface area contributed by atoms with Crippen molar-refractivity contribution in [1.29, 1.82) is 0 Å². The van der Waals surface area contributed by atoms with Gasteiger partial charge in [0.25, 0.3) is 0 Å². The van der Waals surface area contributed by atoms with Crippen molar-refractivity contribution in [2.24, 2.45) is 0 Å². The van der Waals surface area contributed by atoms with Gasteiger partial charge in [-0.3, -0.25) is 9.59 Å². The van der Waals surface area contributed by atoms with Gasteiger partial charge in [-0.15, -0.1) is 0 Å². The van der Waals surface area contributed by atoms with Crippen LogP contribution in [-0.2, 0) is 14.3 Å². The summed E-state index contributed by atoms with van der Waals surface area (Å²) in [7, 11) is 0. The molecule has 0 bridgehead atoms. The normalized spacial score (nSPS) is 12.4. The summed E-state index contributed by atoms with van der Waals surface area (Å²) in [5.74, 6) is 0.0000215. The molecule has 0 aromatic rings. The predicted molar refractivity (Wildman–Crippen MR) is 394 cm³/mol. The van der Waals surface area contributed by atoms with Crippen LogP contribution < -0.4 is 5.32 Å². The predicted octanol–water partition coefficient (Wildman–Crippen LogP) is 27.4. The maximum absolute atomic E-state index is 12.6. The Morgan fingerprint density at radius 1 is 0.303 bits per heavy atom. The van der Waals surface area contributed by atoms with Crippen LogP contribution in [0.25, 0.3) is 0 Å². The molecule has 0 aliphatic rings. The number of ether oxygens (including phenoxy) is 1. The van der Waals surface area contributed by atoms with E-state index in [9.17, 15) is 19.8 Å². The Bertz CT molecular complexity index is 1350. The standard InChI is InChI=1S/C83H163NO5/c1-3-5-7-9-11-13-15-17-19-21-40-43-47-51-55-59-63-67-71-75-81(86)80(79-85)84-82(87)76-72-68-64-60-56-52-48-44-41-38-36-34-32-30-28-26-24-23-25-27-29-31-33-35-37-39-42-46-50-54-58-62-66-70-74-78-89-83(88)77-73-69-65-61-57-53-49-45-22-20-18-16-14-12-10-8-6-4-2/h25,27,80-81,85-86H,3-24,26,28-79H2,1-2H3,(H,84,87)/b27-25-. The second kappa shape index (κ2) is 79.0. The second-order valence-electron chi connectivity index (χ2n) is 28.8. The van der Waals surface area contributed by atoms with Crippen LogP contribution in [0.15, 0.2) is 12.2 Å². The van der Waals surface area contributed by atoms with Crippen molar-refractivity contribution in [3.05, 3.63) is 12.2 Å². The number of carbonyl (C=O) groups excluding carboxylic acids is 2. The highest BCUT2D eigenvalue weighted by molar-refractivity contribution is 5.76. The fourth-order valence-electron chi connectivity index (χ4n) is 13.5. The van der Waals surface area contributed by atoms with Gasteiger partial charge >= 0.3 is 5.97 Å². The molecule has 530 valence electrons.